The molecule has 0 saturated carbocycles. The highest BCUT2D eigenvalue weighted by atomic mass is 19.1. The Morgan fingerprint density at radius 1 is 1.38 bits per heavy atom. The lowest BCUT2D eigenvalue weighted by Crippen LogP contribution is -2.41. The summed E-state index contributed by atoms with van der Waals surface area (Å²) in [6.07, 6.45) is 0.495. The Hall–Kier alpha value is -1.70. The molecule has 7 heteroatoms. The average Bonchev–Trinajstić information content (AvgIpc) is 2.46. The Balaban J connectivity index is 2.65. The van der Waals surface area contributed by atoms with Gasteiger partial charge in [0.05, 0.1) is 19.3 Å². The highest BCUT2D eigenvalue weighted by Gasteiger charge is 2.13. The van der Waals surface area contributed by atoms with Crippen LogP contribution in [-0.2, 0) is 16.1 Å². The Morgan fingerprint density at radius 3 is 2.76 bits per heavy atom. The minimum atomic E-state index is -0.478. The highest BCUT2D eigenvalue weighted by Crippen LogP contribution is 2.17. The fourth-order valence-electron chi connectivity index (χ4n) is 1.77. The van der Waals surface area contributed by atoms with Crippen molar-refractivity contribution in [1.29, 1.82) is 0 Å². The minimum absolute atomic E-state index is 0.181. The van der Waals surface area contributed by atoms with Gasteiger partial charge in [-0.15, -0.1) is 0 Å². The maximum Gasteiger partial charge on any atom is 0.319 e. The molecule has 1 aromatic carbocycles. The lowest BCUT2D eigenvalue weighted by Gasteiger charge is -2.17. The smallest absolute Gasteiger partial charge is 0.319 e. The fraction of sp³-hybridized carbons (Fsp3) is 0.500. The average molecular weight is 300 g/mol. The second kappa shape index (κ2) is 9.28. The maximum absolute atomic E-state index is 13.2. The van der Waals surface area contributed by atoms with Gasteiger partial charge < -0.3 is 25.2 Å². The number of aliphatic hydroxyl groups excluding tert-OH is 1. The number of benzene rings is 1. The van der Waals surface area contributed by atoms with Crippen LogP contribution in [0.1, 0.15) is 12.0 Å². The zero-order valence-electron chi connectivity index (χ0n) is 12.2. The molecule has 21 heavy (non-hydrogen) atoms. The second-order valence-corrected chi connectivity index (χ2v) is 4.49. The van der Waals surface area contributed by atoms with Gasteiger partial charge in [0.15, 0.2) is 0 Å². The molecule has 0 bridgehead atoms. The van der Waals surface area contributed by atoms with Gasteiger partial charge in [-0.3, -0.25) is 0 Å². The third kappa shape index (κ3) is 6.07. The number of halogens is 1. The predicted molar refractivity (Wildman–Crippen MR) is 76.6 cm³/mol. The summed E-state index contributed by atoms with van der Waals surface area (Å²) in [5, 5.41) is 14.4. The normalized spacial score (nSPS) is 12.0. The number of anilines is 1. The number of carbonyl (C=O) groups excluding carboxylic acids is 1. The topological polar surface area (TPSA) is 79.8 Å². The second-order valence-electron chi connectivity index (χ2n) is 4.49. The van der Waals surface area contributed by atoms with E-state index in [4.69, 9.17) is 9.47 Å². The quantitative estimate of drug-likeness (QED) is 0.679. The van der Waals surface area contributed by atoms with Crippen LogP contribution in [-0.4, -0.2) is 44.6 Å². The molecule has 0 radical (unpaired) electrons. The lowest BCUT2D eigenvalue weighted by atomic mass is 10.2. The summed E-state index contributed by atoms with van der Waals surface area (Å²) in [5.74, 6) is -0.402. The number of nitrogens with one attached hydrogen (secondary N) is 2. The number of hydrogen-bond donors (Lipinski definition) is 3. The van der Waals surface area contributed by atoms with Crippen LogP contribution in [0, 0.1) is 5.82 Å². The summed E-state index contributed by atoms with van der Waals surface area (Å²) in [7, 11) is 3.03. The van der Waals surface area contributed by atoms with E-state index in [-0.39, 0.29) is 13.2 Å². The van der Waals surface area contributed by atoms with Crippen LogP contribution >= 0.6 is 0 Å². The number of carbonyl (C=O) groups is 1. The van der Waals surface area contributed by atoms with Crippen molar-refractivity contribution in [1.82, 2.24) is 5.32 Å². The van der Waals surface area contributed by atoms with Crippen molar-refractivity contribution in [3.8, 4) is 0 Å². The predicted octanol–water partition coefficient (Wildman–Crippen LogP) is 1.49. The summed E-state index contributed by atoms with van der Waals surface area (Å²) in [6.45, 7) is 0.419. The number of aliphatic hydroxyl groups is 1. The number of hydrogen-bond acceptors (Lipinski definition) is 4. The molecule has 6 nitrogen and oxygen atoms in total. The van der Waals surface area contributed by atoms with Crippen molar-refractivity contribution in [2.45, 2.75) is 19.1 Å². The van der Waals surface area contributed by atoms with Crippen molar-refractivity contribution in [2.24, 2.45) is 0 Å². The first-order valence-electron chi connectivity index (χ1n) is 6.55. The summed E-state index contributed by atoms with van der Waals surface area (Å²) in [4.78, 5) is 11.9. The van der Waals surface area contributed by atoms with Crippen molar-refractivity contribution in [2.75, 3.05) is 32.8 Å². The van der Waals surface area contributed by atoms with Crippen LogP contribution in [0.2, 0.25) is 0 Å². The zero-order valence-corrected chi connectivity index (χ0v) is 12.2. The van der Waals surface area contributed by atoms with E-state index in [1.54, 1.807) is 7.11 Å². The Kier molecular flexibility index (Phi) is 7.66. The summed E-state index contributed by atoms with van der Waals surface area (Å²) < 4.78 is 23.0. The van der Waals surface area contributed by atoms with Crippen LogP contribution in [0.5, 0.6) is 0 Å². The molecule has 118 valence electrons. The van der Waals surface area contributed by atoms with Gasteiger partial charge in [0.2, 0.25) is 0 Å². The van der Waals surface area contributed by atoms with Crippen LogP contribution in [0.25, 0.3) is 0 Å². The minimum Gasteiger partial charge on any atom is -0.394 e. The number of rotatable bonds is 8. The molecule has 1 atom stereocenters. The SMILES string of the molecule is COCC[C@H](CO)NC(=O)Nc1ccc(F)cc1COC. The number of methoxy groups -OCH3 is 2. The molecule has 3 N–H and O–H groups in total. The van der Waals surface area contributed by atoms with Crippen LogP contribution in [0.4, 0.5) is 14.9 Å². The molecule has 0 spiro atoms. The molecule has 0 heterocycles. The van der Waals surface area contributed by atoms with Gasteiger partial charge in [0.25, 0.3) is 0 Å². The first-order chi connectivity index (χ1) is 10.1. The van der Waals surface area contributed by atoms with Crippen molar-refractivity contribution >= 4 is 11.7 Å². The van der Waals surface area contributed by atoms with E-state index in [1.165, 1.54) is 25.3 Å². The highest BCUT2D eigenvalue weighted by molar-refractivity contribution is 5.90. The van der Waals surface area contributed by atoms with E-state index in [2.05, 4.69) is 10.6 Å². The van der Waals surface area contributed by atoms with Gasteiger partial charge in [-0.1, -0.05) is 0 Å². The third-order valence-corrected chi connectivity index (χ3v) is 2.84. The zero-order chi connectivity index (χ0) is 15.7. The molecule has 0 aliphatic carbocycles. The van der Waals surface area contributed by atoms with Gasteiger partial charge in [0.1, 0.15) is 5.82 Å². The Labute approximate surface area is 123 Å². The van der Waals surface area contributed by atoms with E-state index in [0.29, 0.717) is 24.3 Å². The molecule has 1 rings (SSSR count). The van der Waals surface area contributed by atoms with Crippen molar-refractivity contribution in [3.63, 3.8) is 0 Å². The van der Waals surface area contributed by atoms with E-state index in [1.807, 2.05) is 0 Å². The molecule has 1 aromatic rings. The molecule has 0 aromatic heterocycles. The van der Waals surface area contributed by atoms with E-state index in [0.717, 1.165) is 0 Å². The van der Waals surface area contributed by atoms with Gasteiger partial charge in [-0.25, -0.2) is 9.18 Å². The molecule has 0 aliphatic rings. The van der Waals surface area contributed by atoms with Crippen LogP contribution in [0.3, 0.4) is 0 Å². The van der Waals surface area contributed by atoms with E-state index in [9.17, 15) is 14.3 Å². The van der Waals surface area contributed by atoms with Crippen molar-refractivity contribution < 1.29 is 23.8 Å². The molecule has 0 saturated heterocycles. The lowest BCUT2D eigenvalue weighted by molar-refractivity contribution is 0.161. The molecular formula is C14H21FN2O4. The third-order valence-electron chi connectivity index (χ3n) is 2.84. The standard InChI is InChI=1S/C14H21FN2O4/c1-20-6-5-12(8-18)16-14(19)17-13-4-3-11(15)7-10(13)9-21-2/h3-4,7,12,18H,5-6,8-9H2,1-2H3,(H2,16,17,19)/t12-/m1/s1. The largest absolute Gasteiger partial charge is 0.394 e. The van der Waals surface area contributed by atoms with E-state index >= 15 is 0 Å². The summed E-state index contributed by atoms with van der Waals surface area (Å²) in [5.41, 5.74) is 0.990. The fourth-order valence-corrected chi connectivity index (χ4v) is 1.77. The number of amides is 2. The number of urea groups is 1. The first kappa shape index (κ1) is 17.4. The molecule has 2 amide bonds. The van der Waals surface area contributed by atoms with Gasteiger partial charge in [-0.05, 0) is 24.6 Å². The van der Waals surface area contributed by atoms with E-state index < -0.39 is 17.9 Å². The molecule has 0 unspecified atom stereocenters. The molecule has 0 aliphatic heterocycles. The molecule has 0 fully saturated rings. The van der Waals surface area contributed by atoms with Gasteiger partial charge in [-0.2, -0.15) is 0 Å². The van der Waals surface area contributed by atoms with Gasteiger partial charge >= 0.3 is 6.03 Å². The first-order valence-corrected chi connectivity index (χ1v) is 6.55. The Bertz CT molecular complexity index is 457. The Morgan fingerprint density at radius 2 is 2.14 bits per heavy atom. The van der Waals surface area contributed by atoms with Crippen molar-refractivity contribution in [3.05, 3.63) is 29.6 Å². The molecular weight excluding hydrogens is 279 g/mol. The monoisotopic (exact) mass is 300 g/mol. The maximum atomic E-state index is 13.2. The number of ether oxygens (including phenoxy) is 2. The van der Waals surface area contributed by atoms with Crippen LogP contribution in [0.15, 0.2) is 18.2 Å². The summed E-state index contributed by atoms with van der Waals surface area (Å²) >= 11 is 0. The van der Waals surface area contributed by atoms with Crippen LogP contribution < -0.4 is 10.6 Å². The van der Waals surface area contributed by atoms with Gasteiger partial charge in [0, 0.05) is 32.1 Å². The summed E-state index contributed by atoms with van der Waals surface area (Å²) in [6, 6.07) is 3.13.